The van der Waals surface area contributed by atoms with Gasteiger partial charge in [-0.15, -0.1) is 0 Å². The first-order valence-electron chi connectivity index (χ1n) is 11.3. The zero-order valence-electron chi connectivity index (χ0n) is 18.8. The second-order valence-corrected chi connectivity index (χ2v) is 8.79. The number of ether oxygens (including phenoxy) is 1. The van der Waals surface area contributed by atoms with Crippen molar-refractivity contribution in [2.24, 2.45) is 0 Å². The molecule has 3 heterocycles. The van der Waals surface area contributed by atoms with E-state index in [9.17, 15) is 14.4 Å². The monoisotopic (exact) mass is 441 g/mol. The average Bonchev–Trinajstić information content (AvgIpc) is 3.11. The summed E-state index contributed by atoms with van der Waals surface area (Å²) in [6, 6.07) is 5.55. The Morgan fingerprint density at radius 2 is 1.91 bits per heavy atom. The zero-order chi connectivity index (χ0) is 22.7. The summed E-state index contributed by atoms with van der Waals surface area (Å²) >= 11 is 0. The minimum Gasteiger partial charge on any atom is -0.464 e. The van der Waals surface area contributed by atoms with Crippen molar-refractivity contribution in [1.29, 1.82) is 0 Å². The van der Waals surface area contributed by atoms with Crippen LogP contribution in [0.5, 0.6) is 0 Å². The van der Waals surface area contributed by atoms with Crippen LogP contribution in [0.25, 0.3) is 11.0 Å². The van der Waals surface area contributed by atoms with Crippen LogP contribution >= 0.6 is 0 Å². The SMILES string of the molecule is COC1CN(Cc2coc3ccc(C)cc3c2=O)CC(=O)N(CCCN2CCCC2=O)C1. The molecule has 0 N–H and O–H groups in total. The first-order chi connectivity index (χ1) is 15.4. The number of nitrogens with zero attached hydrogens (tertiary/aromatic N) is 3. The summed E-state index contributed by atoms with van der Waals surface area (Å²) in [4.78, 5) is 43.4. The molecular weight excluding hydrogens is 410 g/mol. The summed E-state index contributed by atoms with van der Waals surface area (Å²) in [6.07, 6.45) is 3.66. The van der Waals surface area contributed by atoms with E-state index in [-0.39, 0.29) is 29.9 Å². The first-order valence-corrected chi connectivity index (χ1v) is 11.3. The molecule has 4 rings (SSSR count). The van der Waals surface area contributed by atoms with E-state index in [1.165, 1.54) is 6.26 Å². The minimum atomic E-state index is -0.149. The number of methoxy groups -OCH3 is 1. The zero-order valence-corrected chi connectivity index (χ0v) is 18.8. The summed E-state index contributed by atoms with van der Waals surface area (Å²) in [5.41, 5.74) is 2.03. The van der Waals surface area contributed by atoms with E-state index in [2.05, 4.69) is 0 Å². The first kappa shape index (κ1) is 22.5. The van der Waals surface area contributed by atoms with Crippen LogP contribution in [0, 0.1) is 6.92 Å². The summed E-state index contributed by atoms with van der Waals surface area (Å²) in [5.74, 6) is 0.218. The van der Waals surface area contributed by atoms with Gasteiger partial charge in [-0.25, -0.2) is 0 Å². The second-order valence-electron chi connectivity index (χ2n) is 8.79. The third-order valence-corrected chi connectivity index (χ3v) is 6.35. The predicted molar refractivity (Wildman–Crippen MR) is 120 cm³/mol. The molecule has 2 saturated heterocycles. The smallest absolute Gasteiger partial charge is 0.236 e. The number of aryl methyl sites for hydroxylation is 1. The molecule has 2 aromatic rings. The molecule has 2 aliphatic heterocycles. The molecule has 172 valence electrons. The van der Waals surface area contributed by atoms with Crippen LogP contribution in [0.4, 0.5) is 0 Å². The van der Waals surface area contributed by atoms with Gasteiger partial charge in [-0.2, -0.15) is 0 Å². The standard InChI is InChI=1S/C24H31N3O5/c1-17-6-7-21-20(11-17)24(30)18(16-32-21)12-25-13-19(31-2)14-27(23(29)15-25)10-4-9-26-8-3-5-22(26)28/h6-7,11,16,19H,3-5,8-10,12-15H2,1-2H3. The number of hydrogen-bond acceptors (Lipinski definition) is 6. The lowest BCUT2D eigenvalue weighted by atomic mass is 10.1. The van der Waals surface area contributed by atoms with Gasteiger partial charge >= 0.3 is 0 Å². The maximum atomic E-state index is 13.0. The molecule has 2 aliphatic rings. The lowest BCUT2D eigenvalue weighted by Crippen LogP contribution is -2.39. The van der Waals surface area contributed by atoms with E-state index in [1.54, 1.807) is 13.2 Å². The van der Waals surface area contributed by atoms with Crippen LogP contribution < -0.4 is 5.43 Å². The van der Waals surface area contributed by atoms with Gasteiger partial charge in [0.2, 0.25) is 11.8 Å². The molecule has 1 aromatic heterocycles. The number of carbonyl (C=O) groups is 2. The Hall–Kier alpha value is -2.71. The van der Waals surface area contributed by atoms with E-state index >= 15 is 0 Å². The number of rotatable bonds is 7. The van der Waals surface area contributed by atoms with Gasteiger partial charge in [-0.05, 0) is 31.9 Å². The molecule has 0 aliphatic carbocycles. The Bertz CT molecular complexity index is 1050. The third-order valence-electron chi connectivity index (χ3n) is 6.35. The molecule has 2 fully saturated rings. The van der Waals surface area contributed by atoms with Gasteiger partial charge in [0, 0.05) is 58.4 Å². The molecule has 8 heteroatoms. The van der Waals surface area contributed by atoms with Crippen molar-refractivity contribution in [2.75, 3.05) is 46.4 Å². The molecule has 1 aromatic carbocycles. The summed E-state index contributed by atoms with van der Waals surface area (Å²) in [6.45, 7) is 5.63. The average molecular weight is 442 g/mol. The minimum absolute atomic E-state index is 0.0123. The topological polar surface area (TPSA) is 83.3 Å². The van der Waals surface area contributed by atoms with Crippen LogP contribution in [0.1, 0.15) is 30.4 Å². The van der Waals surface area contributed by atoms with Crippen molar-refractivity contribution in [3.63, 3.8) is 0 Å². The Kier molecular flexibility index (Phi) is 6.91. The summed E-state index contributed by atoms with van der Waals surface area (Å²) in [7, 11) is 1.65. The number of likely N-dealkylation sites (tertiary alicyclic amines) is 1. The van der Waals surface area contributed by atoms with E-state index in [0.29, 0.717) is 55.7 Å². The fourth-order valence-electron chi connectivity index (χ4n) is 4.56. The Balaban J connectivity index is 1.42. The van der Waals surface area contributed by atoms with Gasteiger partial charge in [0.15, 0.2) is 5.43 Å². The van der Waals surface area contributed by atoms with Crippen molar-refractivity contribution in [2.45, 2.75) is 38.8 Å². The van der Waals surface area contributed by atoms with E-state index in [1.807, 2.05) is 33.8 Å². The number of amides is 2. The van der Waals surface area contributed by atoms with Crippen molar-refractivity contribution in [1.82, 2.24) is 14.7 Å². The second kappa shape index (κ2) is 9.83. The van der Waals surface area contributed by atoms with Gasteiger partial charge in [0.05, 0.1) is 24.3 Å². The Morgan fingerprint density at radius 3 is 2.66 bits per heavy atom. The van der Waals surface area contributed by atoms with Crippen LogP contribution in [0.2, 0.25) is 0 Å². The van der Waals surface area contributed by atoms with Crippen molar-refractivity contribution < 1.29 is 18.7 Å². The molecule has 0 spiro atoms. The number of fused-ring (bicyclic) bond motifs is 1. The van der Waals surface area contributed by atoms with Crippen LogP contribution in [-0.2, 0) is 20.9 Å². The summed E-state index contributed by atoms with van der Waals surface area (Å²) < 4.78 is 11.3. The van der Waals surface area contributed by atoms with Crippen molar-refractivity contribution >= 4 is 22.8 Å². The molecule has 0 bridgehead atoms. The number of carbonyl (C=O) groups excluding carboxylic acids is 2. The van der Waals surface area contributed by atoms with Gasteiger partial charge in [-0.3, -0.25) is 19.3 Å². The molecule has 0 radical (unpaired) electrons. The maximum Gasteiger partial charge on any atom is 0.236 e. The molecule has 32 heavy (non-hydrogen) atoms. The molecule has 8 nitrogen and oxygen atoms in total. The maximum absolute atomic E-state index is 13.0. The normalized spacial score (nSPS) is 20.4. The highest BCUT2D eigenvalue weighted by molar-refractivity contribution is 5.79. The Labute approximate surface area is 187 Å². The fraction of sp³-hybridized carbons (Fsp3) is 0.542. The van der Waals surface area contributed by atoms with Crippen LogP contribution in [0.3, 0.4) is 0 Å². The van der Waals surface area contributed by atoms with Crippen molar-refractivity contribution in [3.8, 4) is 0 Å². The number of benzene rings is 1. The molecule has 2 amide bonds. The van der Waals surface area contributed by atoms with Gasteiger partial charge in [-0.1, -0.05) is 11.6 Å². The van der Waals surface area contributed by atoms with Gasteiger partial charge < -0.3 is 19.0 Å². The molecule has 1 atom stereocenters. The Morgan fingerprint density at radius 1 is 1.09 bits per heavy atom. The largest absolute Gasteiger partial charge is 0.464 e. The highest BCUT2D eigenvalue weighted by atomic mass is 16.5. The van der Waals surface area contributed by atoms with E-state index in [0.717, 1.165) is 24.9 Å². The van der Waals surface area contributed by atoms with Gasteiger partial charge in [0.25, 0.3) is 0 Å². The highest BCUT2D eigenvalue weighted by Gasteiger charge is 2.29. The molecule has 0 saturated carbocycles. The lowest BCUT2D eigenvalue weighted by Gasteiger charge is -2.24. The summed E-state index contributed by atoms with van der Waals surface area (Å²) in [5, 5.41) is 0.560. The van der Waals surface area contributed by atoms with Gasteiger partial charge in [0.1, 0.15) is 5.58 Å². The van der Waals surface area contributed by atoms with Crippen LogP contribution in [0.15, 0.2) is 33.7 Å². The number of hydrogen-bond donors (Lipinski definition) is 0. The highest BCUT2D eigenvalue weighted by Crippen LogP contribution is 2.16. The molecular formula is C24H31N3O5. The van der Waals surface area contributed by atoms with Crippen molar-refractivity contribution in [3.05, 3.63) is 45.8 Å². The predicted octanol–water partition coefficient (Wildman–Crippen LogP) is 1.77. The lowest BCUT2D eigenvalue weighted by molar-refractivity contribution is -0.131. The molecule has 1 unspecified atom stereocenters. The third kappa shape index (κ3) is 5.02. The van der Waals surface area contributed by atoms with Crippen LogP contribution in [-0.4, -0.2) is 79.0 Å². The quantitative estimate of drug-likeness (QED) is 0.651. The van der Waals surface area contributed by atoms with E-state index < -0.39 is 0 Å². The fourth-order valence-corrected chi connectivity index (χ4v) is 4.56. The van der Waals surface area contributed by atoms with E-state index in [4.69, 9.17) is 9.15 Å².